The Morgan fingerprint density at radius 2 is 2.00 bits per heavy atom. The summed E-state index contributed by atoms with van der Waals surface area (Å²) in [5.74, 6) is 2.21. The fourth-order valence-corrected chi connectivity index (χ4v) is 3.00. The fourth-order valence-electron chi connectivity index (χ4n) is 3.00. The monoisotopic (exact) mass is 292 g/mol. The summed E-state index contributed by atoms with van der Waals surface area (Å²) in [6.45, 7) is 6.67. The quantitative estimate of drug-likeness (QED) is 0.904. The molecule has 4 heteroatoms. The van der Waals surface area contributed by atoms with E-state index >= 15 is 0 Å². The first-order valence-corrected chi connectivity index (χ1v) is 7.75. The highest BCUT2D eigenvalue weighted by Crippen LogP contribution is 2.28. The molecule has 3 unspecified atom stereocenters. The van der Waals surface area contributed by atoms with E-state index < -0.39 is 0 Å². The van der Waals surface area contributed by atoms with Crippen LogP contribution in [-0.2, 0) is 6.42 Å². The predicted molar refractivity (Wildman–Crippen MR) is 86.0 cm³/mol. The van der Waals surface area contributed by atoms with E-state index in [1.165, 1.54) is 12.0 Å². The molecule has 0 bridgehead atoms. The van der Waals surface area contributed by atoms with Crippen LogP contribution >= 0.6 is 0 Å². The van der Waals surface area contributed by atoms with Crippen LogP contribution in [0.2, 0.25) is 0 Å². The maximum absolute atomic E-state index is 6.21. The number of nitrogens with two attached hydrogens (primary N) is 1. The zero-order valence-electron chi connectivity index (χ0n) is 13.6. The van der Waals surface area contributed by atoms with Gasteiger partial charge in [-0.05, 0) is 49.9 Å². The van der Waals surface area contributed by atoms with Gasteiger partial charge in [-0.15, -0.1) is 0 Å². The number of methoxy groups -OCH3 is 2. The third-order valence-electron chi connectivity index (χ3n) is 4.65. The fraction of sp³-hybridized carbons (Fsp3) is 0.647. The summed E-state index contributed by atoms with van der Waals surface area (Å²) in [5, 5.41) is 0. The van der Waals surface area contributed by atoms with Crippen molar-refractivity contribution in [2.45, 2.75) is 38.8 Å². The van der Waals surface area contributed by atoms with E-state index in [1.54, 1.807) is 14.2 Å². The first-order chi connectivity index (χ1) is 10.0. The number of rotatable bonds is 5. The number of likely N-dealkylation sites (tertiary alicyclic amines) is 1. The van der Waals surface area contributed by atoms with Crippen molar-refractivity contribution >= 4 is 0 Å². The van der Waals surface area contributed by atoms with Crippen LogP contribution < -0.4 is 15.2 Å². The van der Waals surface area contributed by atoms with Crippen molar-refractivity contribution in [2.75, 3.05) is 27.3 Å². The van der Waals surface area contributed by atoms with Crippen molar-refractivity contribution in [2.24, 2.45) is 11.7 Å². The second-order valence-corrected chi connectivity index (χ2v) is 6.17. The lowest BCUT2D eigenvalue weighted by Crippen LogP contribution is -2.51. The van der Waals surface area contributed by atoms with E-state index in [2.05, 4.69) is 30.9 Å². The van der Waals surface area contributed by atoms with Gasteiger partial charge in [-0.3, -0.25) is 4.90 Å². The highest BCUT2D eigenvalue weighted by atomic mass is 16.5. The van der Waals surface area contributed by atoms with Gasteiger partial charge in [0, 0.05) is 18.6 Å². The molecule has 1 fully saturated rings. The summed E-state index contributed by atoms with van der Waals surface area (Å²) in [4.78, 5) is 2.50. The molecule has 2 N–H and O–H groups in total. The Kier molecular flexibility index (Phi) is 5.48. The van der Waals surface area contributed by atoms with E-state index in [4.69, 9.17) is 15.2 Å². The molecule has 1 aliphatic heterocycles. The Morgan fingerprint density at radius 1 is 1.29 bits per heavy atom. The van der Waals surface area contributed by atoms with Crippen LogP contribution in [0.1, 0.15) is 25.8 Å². The normalized spacial score (nSPS) is 24.6. The standard InChI is InChI=1S/C17H28N2O2/c1-12-7-8-19(11-15(12)18)13(2)9-14-5-6-16(20-3)17(10-14)21-4/h5-6,10,12-13,15H,7-9,11,18H2,1-4H3. The molecule has 0 aliphatic carbocycles. The summed E-state index contributed by atoms with van der Waals surface area (Å²) in [5.41, 5.74) is 7.48. The average Bonchev–Trinajstić information content (AvgIpc) is 2.49. The van der Waals surface area contributed by atoms with Crippen molar-refractivity contribution in [1.82, 2.24) is 4.90 Å². The summed E-state index contributed by atoms with van der Waals surface area (Å²) in [7, 11) is 3.34. The second kappa shape index (κ2) is 7.14. The number of benzene rings is 1. The summed E-state index contributed by atoms with van der Waals surface area (Å²) in [6.07, 6.45) is 2.19. The Balaban J connectivity index is 2.01. The smallest absolute Gasteiger partial charge is 0.160 e. The molecule has 2 rings (SSSR count). The molecule has 4 nitrogen and oxygen atoms in total. The zero-order chi connectivity index (χ0) is 15.4. The zero-order valence-corrected chi connectivity index (χ0v) is 13.6. The highest BCUT2D eigenvalue weighted by Gasteiger charge is 2.26. The maximum atomic E-state index is 6.21. The van der Waals surface area contributed by atoms with E-state index in [0.717, 1.165) is 31.0 Å². The van der Waals surface area contributed by atoms with Gasteiger partial charge < -0.3 is 15.2 Å². The molecule has 1 aromatic rings. The van der Waals surface area contributed by atoms with Gasteiger partial charge in [0.05, 0.1) is 14.2 Å². The molecule has 0 spiro atoms. The highest BCUT2D eigenvalue weighted by molar-refractivity contribution is 5.43. The Hall–Kier alpha value is -1.26. The van der Waals surface area contributed by atoms with E-state index in [9.17, 15) is 0 Å². The van der Waals surface area contributed by atoms with E-state index in [1.807, 2.05) is 6.07 Å². The Labute approximate surface area is 128 Å². The van der Waals surface area contributed by atoms with Gasteiger partial charge in [-0.25, -0.2) is 0 Å². The van der Waals surface area contributed by atoms with Gasteiger partial charge in [-0.2, -0.15) is 0 Å². The largest absolute Gasteiger partial charge is 0.493 e. The molecule has 118 valence electrons. The third-order valence-corrected chi connectivity index (χ3v) is 4.65. The van der Waals surface area contributed by atoms with Gasteiger partial charge in [0.2, 0.25) is 0 Å². The van der Waals surface area contributed by atoms with Crippen molar-refractivity contribution in [3.63, 3.8) is 0 Å². The van der Waals surface area contributed by atoms with Crippen molar-refractivity contribution in [3.8, 4) is 11.5 Å². The lowest BCUT2D eigenvalue weighted by atomic mass is 9.92. The van der Waals surface area contributed by atoms with Crippen LogP contribution in [0, 0.1) is 5.92 Å². The van der Waals surface area contributed by atoms with Crippen molar-refractivity contribution in [1.29, 1.82) is 0 Å². The molecule has 0 aromatic heterocycles. The van der Waals surface area contributed by atoms with Crippen molar-refractivity contribution < 1.29 is 9.47 Å². The van der Waals surface area contributed by atoms with Crippen LogP contribution in [0.3, 0.4) is 0 Å². The lowest BCUT2D eigenvalue weighted by molar-refractivity contribution is 0.128. The van der Waals surface area contributed by atoms with Crippen LogP contribution in [0.5, 0.6) is 11.5 Å². The molecule has 1 aromatic carbocycles. The minimum Gasteiger partial charge on any atom is -0.493 e. The van der Waals surface area contributed by atoms with Gasteiger partial charge in [-0.1, -0.05) is 13.0 Å². The Morgan fingerprint density at radius 3 is 2.62 bits per heavy atom. The van der Waals surface area contributed by atoms with Crippen LogP contribution in [0.15, 0.2) is 18.2 Å². The molecule has 1 aliphatic rings. The van der Waals surface area contributed by atoms with Crippen LogP contribution in [-0.4, -0.2) is 44.3 Å². The molecule has 0 saturated carbocycles. The Bertz CT molecular complexity index is 464. The molecule has 0 radical (unpaired) electrons. The first-order valence-electron chi connectivity index (χ1n) is 7.75. The topological polar surface area (TPSA) is 47.7 Å². The van der Waals surface area contributed by atoms with Gasteiger partial charge in [0.15, 0.2) is 11.5 Å². The lowest BCUT2D eigenvalue weighted by Gasteiger charge is -2.38. The van der Waals surface area contributed by atoms with E-state index in [-0.39, 0.29) is 0 Å². The number of piperidine rings is 1. The second-order valence-electron chi connectivity index (χ2n) is 6.17. The summed E-state index contributed by atoms with van der Waals surface area (Å²) < 4.78 is 10.7. The molecule has 1 saturated heterocycles. The van der Waals surface area contributed by atoms with Crippen molar-refractivity contribution in [3.05, 3.63) is 23.8 Å². The number of hydrogen-bond acceptors (Lipinski definition) is 4. The molecular weight excluding hydrogens is 264 g/mol. The molecule has 1 heterocycles. The predicted octanol–water partition coefficient (Wildman–Crippen LogP) is 2.30. The van der Waals surface area contributed by atoms with E-state index in [0.29, 0.717) is 18.0 Å². The molecule has 0 amide bonds. The van der Waals surface area contributed by atoms with Crippen LogP contribution in [0.4, 0.5) is 0 Å². The molecule has 3 atom stereocenters. The van der Waals surface area contributed by atoms with Gasteiger partial charge in [0.25, 0.3) is 0 Å². The molecular formula is C17H28N2O2. The minimum absolute atomic E-state index is 0.298. The van der Waals surface area contributed by atoms with Crippen LogP contribution in [0.25, 0.3) is 0 Å². The average molecular weight is 292 g/mol. The molecule has 21 heavy (non-hydrogen) atoms. The summed E-state index contributed by atoms with van der Waals surface area (Å²) >= 11 is 0. The summed E-state index contributed by atoms with van der Waals surface area (Å²) in [6, 6.07) is 6.95. The number of nitrogens with zero attached hydrogens (tertiary/aromatic N) is 1. The third kappa shape index (κ3) is 3.89. The van der Waals surface area contributed by atoms with Gasteiger partial charge in [0.1, 0.15) is 0 Å². The SMILES string of the molecule is COc1ccc(CC(C)N2CCC(C)C(N)C2)cc1OC. The minimum atomic E-state index is 0.298. The number of ether oxygens (including phenoxy) is 2. The first kappa shape index (κ1) is 16.1. The maximum Gasteiger partial charge on any atom is 0.160 e. The number of hydrogen-bond donors (Lipinski definition) is 1. The van der Waals surface area contributed by atoms with Gasteiger partial charge >= 0.3 is 0 Å².